The van der Waals surface area contributed by atoms with Crippen molar-refractivity contribution in [1.29, 1.82) is 0 Å². The van der Waals surface area contributed by atoms with Crippen molar-refractivity contribution in [3.8, 4) is 11.4 Å². The highest BCUT2D eigenvalue weighted by Gasteiger charge is 2.17. The minimum atomic E-state index is -0.274. The van der Waals surface area contributed by atoms with E-state index in [9.17, 15) is 4.79 Å². The number of hydrogen-bond donors (Lipinski definition) is 2. The first-order valence-electron chi connectivity index (χ1n) is 11.3. The Morgan fingerprint density at radius 3 is 2.68 bits per heavy atom. The maximum Gasteiger partial charge on any atom is 0.298 e. The summed E-state index contributed by atoms with van der Waals surface area (Å²) < 4.78 is 7.55. The van der Waals surface area contributed by atoms with Gasteiger partial charge in [0, 0.05) is 30.6 Å². The number of nitrogens with one attached hydrogen (secondary N) is 2. The van der Waals surface area contributed by atoms with Gasteiger partial charge in [0.25, 0.3) is 5.56 Å². The third-order valence-corrected chi connectivity index (χ3v) is 6.19. The molecule has 2 aromatic carbocycles. The molecule has 0 aliphatic heterocycles. The quantitative estimate of drug-likeness (QED) is 0.390. The van der Waals surface area contributed by atoms with Gasteiger partial charge in [0.1, 0.15) is 5.75 Å². The van der Waals surface area contributed by atoms with Crippen molar-refractivity contribution in [2.24, 2.45) is 0 Å². The van der Waals surface area contributed by atoms with Gasteiger partial charge < -0.3 is 10.1 Å². The number of ether oxygens (including phenoxy) is 1. The molecule has 0 spiro atoms. The lowest BCUT2D eigenvalue weighted by Gasteiger charge is -2.15. The van der Waals surface area contributed by atoms with Crippen molar-refractivity contribution < 1.29 is 4.74 Å². The lowest BCUT2D eigenvalue weighted by Crippen LogP contribution is -2.21. The van der Waals surface area contributed by atoms with Gasteiger partial charge in [0.05, 0.1) is 16.8 Å². The highest BCUT2D eigenvalue weighted by molar-refractivity contribution is 6.33. The molecule has 0 unspecified atom stereocenters. The molecule has 0 amide bonds. The van der Waals surface area contributed by atoms with E-state index in [1.165, 1.54) is 12.8 Å². The molecule has 2 heterocycles. The van der Waals surface area contributed by atoms with Gasteiger partial charge in [-0.1, -0.05) is 28.9 Å². The van der Waals surface area contributed by atoms with Gasteiger partial charge in [-0.2, -0.15) is 5.21 Å². The largest absolute Gasteiger partial charge is 0.490 e. The van der Waals surface area contributed by atoms with Crippen LogP contribution in [0.25, 0.3) is 5.69 Å². The first-order valence-corrected chi connectivity index (χ1v) is 11.7. The Morgan fingerprint density at radius 2 is 1.94 bits per heavy atom. The number of hydrogen-bond acceptors (Lipinski definition) is 7. The number of aromatic nitrogens is 6. The molecule has 1 saturated carbocycles. The number of tetrazole rings is 1. The zero-order chi connectivity index (χ0) is 23.3. The predicted octanol–water partition coefficient (Wildman–Crippen LogP) is 4.25. The molecule has 4 aromatic rings. The Kier molecular flexibility index (Phi) is 6.53. The number of rotatable bonds is 8. The van der Waals surface area contributed by atoms with Gasteiger partial charge in [0.15, 0.2) is 11.6 Å². The van der Waals surface area contributed by atoms with Crippen molar-refractivity contribution in [3.05, 3.63) is 81.6 Å². The second-order valence-corrected chi connectivity index (χ2v) is 8.64. The van der Waals surface area contributed by atoms with Crippen molar-refractivity contribution >= 4 is 23.1 Å². The maximum absolute atomic E-state index is 13.1. The van der Waals surface area contributed by atoms with Crippen molar-refractivity contribution in [2.45, 2.75) is 44.6 Å². The van der Waals surface area contributed by atoms with Gasteiger partial charge in [0.2, 0.25) is 0 Å². The third kappa shape index (κ3) is 5.09. The highest BCUT2D eigenvalue weighted by atomic mass is 35.5. The Morgan fingerprint density at radius 1 is 1.12 bits per heavy atom. The third-order valence-electron chi connectivity index (χ3n) is 5.88. The Balaban J connectivity index is 1.29. The second kappa shape index (κ2) is 10.0. The van der Waals surface area contributed by atoms with E-state index in [0.29, 0.717) is 23.0 Å². The first kappa shape index (κ1) is 22.1. The van der Waals surface area contributed by atoms with Crippen LogP contribution in [0.1, 0.15) is 37.1 Å². The first-order chi connectivity index (χ1) is 16.7. The van der Waals surface area contributed by atoms with Crippen LogP contribution in [0.3, 0.4) is 0 Å². The molecule has 0 atom stereocenters. The molecule has 34 heavy (non-hydrogen) atoms. The van der Waals surface area contributed by atoms with Crippen LogP contribution in [0.15, 0.2) is 59.7 Å². The van der Waals surface area contributed by atoms with Crippen LogP contribution in [0.2, 0.25) is 5.02 Å². The predicted molar refractivity (Wildman–Crippen MR) is 129 cm³/mol. The average Bonchev–Trinajstić information content (AvgIpc) is 3.56. The average molecular weight is 478 g/mol. The Labute approximate surface area is 201 Å². The molecule has 1 fully saturated rings. The van der Waals surface area contributed by atoms with E-state index in [4.69, 9.17) is 16.3 Å². The van der Waals surface area contributed by atoms with Gasteiger partial charge in [-0.3, -0.25) is 9.36 Å². The molecular weight excluding hydrogens is 454 g/mol. The second-order valence-electron chi connectivity index (χ2n) is 8.24. The van der Waals surface area contributed by atoms with E-state index in [1.807, 2.05) is 36.4 Å². The monoisotopic (exact) mass is 477 g/mol. The summed E-state index contributed by atoms with van der Waals surface area (Å²) in [5, 5.41) is 17.5. The molecule has 2 N–H and O–H groups in total. The van der Waals surface area contributed by atoms with Gasteiger partial charge in [-0.15, -0.1) is 10.2 Å². The minimum absolute atomic E-state index is 0.190. The van der Waals surface area contributed by atoms with Crippen LogP contribution in [0.5, 0.6) is 5.75 Å². The molecule has 2 aromatic heterocycles. The van der Waals surface area contributed by atoms with E-state index in [-0.39, 0.29) is 17.5 Å². The van der Waals surface area contributed by atoms with Gasteiger partial charge >= 0.3 is 0 Å². The summed E-state index contributed by atoms with van der Waals surface area (Å²) in [5.74, 6) is 1.59. The molecule has 9 nitrogen and oxygen atoms in total. The number of H-pyrrole nitrogens is 1. The van der Waals surface area contributed by atoms with E-state index in [2.05, 4.69) is 30.9 Å². The maximum atomic E-state index is 13.1. The summed E-state index contributed by atoms with van der Waals surface area (Å²) in [7, 11) is 0. The molecule has 0 saturated heterocycles. The van der Waals surface area contributed by atoms with Gasteiger partial charge in [-0.05, 0) is 61.9 Å². The smallest absolute Gasteiger partial charge is 0.298 e. The molecular formula is C24H24ClN7O2. The highest BCUT2D eigenvalue weighted by Crippen LogP contribution is 2.31. The molecule has 10 heteroatoms. The Hall–Kier alpha value is -3.72. The fraction of sp³-hybridized carbons (Fsp3) is 0.292. The zero-order valence-electron chi connectivity index (χ0n) is 18.4. The lowest BCUT2D eigenvalue weighted by molar-refractivity contribution is 0.210. The molecule has 1 aliphatic carbocycles. The summed E-state index contributed by atoms with van der Waals surface area (Å²) in [5.41, 5.74) is 2.18. The summed E-state index contributed by atoms with van der Waals surface area (Å²) in [6.45, 7) is 0. The van der Waals surface area contributed by atoms with Crippen LogP contribution in [-0.4, -0.2) is 36.3 Å². The topological polar surface area (TPSA) is 111 Å². The SMILES string of the molecule is O=c1c(Nc2ccc(OC3CCCC3)cc2Cl)nccn1-c1ccc(CCc2nn[nH]n2)cc1. The lowest BCUT2D eigenvalue weighted by atomic mass is 10.1. The number of anilines is 2. The van der Waals surface area contributed by atoms with E-state index < -0.39 is 0 Å². The molecule has 174 valence electrons. The summed E-state index contributed by atoms with van der Waals surface area (Å²) >= 11 is 6.46. The standard InChI is InChI=1S/C24H24ClN7O2/c25-20-15-19(34-18-3-1-2-4-18)10-11-21(20)27-23-24(33)32(14-13-26-23)17-8-5-16(6-9-17)7-12-22-28-30-31-29-22/h5-6,8-11,13-15,18H,1-4,7,12H2,(H,26,27)(H,28,29,30,31). The van der Waals surface area contributed by atoms with Crippen molar-refractivity contribution in [1.82, 2.24) is 30.2 Å². The molecule has 0 radical (unpaired) electrons. The number of aromatic amines is 1. The normalized spacial score (nSPS) is 13.8. The van der Waals surface area contributed by atoms with Crippen molar-refractivity contribution in [3.63, 3.8) is 0 Å². The molecule has 5 rings (SSSR count). The van der Waals surface area contributed by atoms with E-state index in [1.54, 1.807) is 23.0 Å². The summed E-state index contributed by atoms with van der Waals surface area (Å²) in [6, 6.07) is 13.2. The fourth-order valence-corrected chi connectivity index (χ4v) is 4.28. The van der Waals surface area contributed by atoms with Crippen LogP contribution in [0, 0.1) is 0 Å². The fourth-order valence-electron chi connectivity index (χ4n) is 4.07. The Bertz CT molecular complexity index is 1300. The molecule has 1 aliphatic rings. The van der Waals surface area contributed by atoms with E-state index in [0.717, 1.165) is 36.3 Å². The van der Waals surface area contributed by atoms with Crippen LogP contribution >= 0.6 is 11.6 Å². The number of aryl methyl sites for hydroxylation is 2. The van der Waals surface area contributed by atoms with Crippen LogP contribution in [-0.2, 0) is 12.8 Å². The summed E-state index contributed by atoms with van der Waals surface area (Å²) in [6.07, 6.45) is 9.49. The van der Waals surface area contributed by atoms with Crippen LogP contribution in [0.4, 0.5) is 11.5 Å². The summed E-state index contributed by atoms with van der Waals surface area (Å²) in [4.78, 5) is 17.3. The number of benzene rings is 2. The van der Waals surface area contributed by atoms with E-state index >= 15 is 0 Å². The number of nitrogens with zero attached hydrogens (tertiary/aromatic N) is 5. The number of halogens is 1. The zero-order valence-corrected chi connectivity index (χ0v) is 19.2. The van der Waals surface area contributed by atoms with Gasteiger partial charge in [-0.25, -0.2) is 4.98 Å². The van der Waals surface area contributed by atoms with Crippen LogP contribution < -0.4 is 15.6 Å². The molecule has 0 bridgehead atoms. The van der Waals surface area contributed by atoms with Crippen molar-refractivity contribution in [2.75, 3.05) is 5.32 Å². The minimum Gasteiger partial charge on any atom is -0.490 e.